The molecule has 0 radical (unpaired) electrons. The molecule has 15 heavy (non-hydrogen) atoms. The van der Waals surface area contributed by atoms with Crippen molar-refractivity contribution < 1.29 is 17.6 Å². The molecule has 2 rings (SSSR count). The number of alkyl halides is 3. The van der Waals surface area contributed by atoms with Crippen LogP contribution in [0.4, 0.5) is 19.2 Å². The minimum Gasteiger partial charge on any atom is -0.424 e. The highest BCUT2D eigenvalue weighted by Crippen LogP contribution is 2.35. The summed E-state index contributed by atoms with van der Waals surface area (Å²) in [5.41, 5.74) is 3.95. The fourth-order valence-electron chi connectivity index (χ4n) is 1.10. The van der Waals surface area contributed by atoms with Crippen LogP contribution in [0.25, 0.3) is 11.3 Å². The Balaban J connectivity index is 2.50. The number of halogens is 3. The van der Waals surface area contributed by atoms with E-state index in [1.165, 1.54) is 0 Å². The van der Waals surface area contributed by atoms with Crippen molar-refractivity contribution in [3.05, 3.63) is 18.1 Å². The predicted octanol–water partition coefficient (Wildman–Crippen LogP) is 1.67. The minimum absolute atomic E-state index is 0.0754. The van der Waals surface area contributed by atoms with Crippen LogP contribution >= 0.6 is 0 Å². The lowest BCUT2D eigenvalue weighted by molar-refractivity contribution is -0.140. The Bertz CT molecular complexity index is 473. The third-order valence-electron chi connectivity index (χ3n) is 1.71. The van der Waals surface area contributed by atoms with E-state index in [0.717, 1.165) is 12.4 Å². The molecule has 5 nitrogen and oxygen atoms in total. The summed E-state index contributed by atoms with van der Waals surface area (Å²) in [6.45, 7) is 0. The fraction of sp³-hybridized carbons (Fsp3) is 0.143. The predicted molar refractivity (Wildman–Crippen MR) is 43.5 cm³/mol. The standard InChI is InChI=1S/C7H5F3N4O/c8-7(9,10)5-3(1-13-14-5)4-2-12-6(11)15-4/h1-2H,(H2,11,12)(H,13,14). The van der Waals surface area contributed by atoms with Gasteiger partial charge >= 0.3 is 6.18 Å². The quantitative estimate of drug-likeness (QED) is 0.762. The lowest BCUT2D eigenvalue weighted by Crippen LogP contribution is -2.07. The van der Waals surface area contributed by atoms with Gasteiger partial charge in [-0.25, -0.2) is 4.98 Å². The molecule has 0 bridgehead atoms. The molecule has 0 aliphatic rings. The van der Waals surface area contributed by atoms with Crippen LogP contribution in [-0.4, -0.2) is 15.2 Å². The summed E-state index contributed by atoms with van der Waals surface area (Å²) in [5.74, 6) is -0.0754. The summed E-state index contributed by atoms with van der Waals surface area (Å²) in [4.78, 5) is 3.50. The molecule has 2 aromatic heterocycles. The number of anilines is 1. The molecule has 0 spiro atoms. The van der Waals surface area contributed by atoms with Crippen molar-refractivity contribution in [2.45, 2.75) is 6.18 Å². The Morgan fingerprint density at radius 1 is 1.33 bits per heavy atom. The maximum Gasteiger partial charge on any atom is 0.433 e. The van der Waals surface area contributed by atoms with Crippen LogP contribution in [0.3, 0.4) is 0 Å². The van der Waals surface area contributed by atoms with Crippen LogP contribution in [0, 0.1) is 0 Å². The van der Waals surface area contributed by atoms with E-state index in [2.05, 4.69) is 10.1 Å². The van der Waals surface area contributed by atoms with Crippen molar-refractivity contribution >= 4 is 6.01 Å². The first-order valence-electron chi connectivity index (χ1n) is 3.80. The van der Waals surface area contributed by atoms with Gasteiger partial charge in [-0.05, 0) is 0 Å². The molecule has 0 aliphatic carbocycles. The number of hydrogen-bond donors (Lipinski definition) is 2. The molecule has 8 heteroatoms. The number of hydrogen-bond acceptors (Lipinski definition) is 4. The van der Waals surface area contributed by atoms with Gasteiger partial charge in [-0.1, -0.05) is 0 Å². The van der Waals surface area contributed by atoms with E-state index in [-0.39, 0.29) is 17.3 Å². The maximum atomic E-state index is 12.4. The number of nitrogen functional groups attached to an aromatic ring is 1. The molecule has 3 N–H and O–H groups in total. The molecule has 0 aliphatic heterocycles. The second kappa shape index (κ2) is 3.01. The van der Waals surface area contributed by atoms with Crippen molar-refractivity contribution in [2.24, 2.45) is 0 Å². The normalized spacial score (nSPS) is 11.9. The highest BCUT2D eigenvalue weighted by molar-refractivity contribution is 5.59. The monoisotopic (exact) mass is 218 g/mol. The topological polar surface area (TPSA) is 80.7 Å². The molecule has 2 aromatic rings. The molecule has 0 fully saturated rings. The lowest BCUT2D eigenvalue weighted by atomic mass is 10.2. The largest absolute Gasteiger partial charge is 0.433 e. The molecule has 0 amide bonds. The highest BCUT2D eigenvalue weighted by Gasteiger charge is 2.36. The molecule has 0 aromatic carbocycles. The van der Waals surface area contributed by atoms with Crippen LogP contribution in [0.15, 0.2) is 16.8 Å². The van der Waals surface area contributed by atoms with Crippen molar-refractivity contribution in [2.75, 3.05) is 5.73 Å². The first-order chi connectivity index (χ1) is 6.98. The number of nitrogens with two attached hydrogens (primary N) is 1. The molecule has 80 valence electrons. The Hall–Kier alpha value is -1.99. The number of H-pyrrole nitrogens is 1. The second-order valence-electron chi connectivity index (χ2n) is 2.72. The van der Waals surface area contributed by atoms with Gasteiger partial charge in [0.2, 0.25) is 0 Å². The van der Waals surface area contributed by atoms with Gasteiger partial charge in [0, 0.05) is 0 Å². The third kappa shape index (κ3) is 1.65. The van der Waals surface area contributed by atoms with E-state index >= 15 is 0 Å². The Kier molecular flexibility index (Phi) is 1.92. The summed E-state index contributed by atoms with van der Waals surface area (Å²) >= 11 is 0. The first kappa shape index (κ1) is 9.56. The van der Waals surface area contributed by atoms with Gasteiger partial charge in [0.15, 0.2) is 11.5 Å². The van der Waals surface area contributed by atoms with Gasteiger partial charge in [0.25, 0.3) is 6.01 Å². The summed E-state index contributed by atoms with van der Waals surface area (Å²) in [5, 5.41) is 5.15. The van der Waals surface area contributed by atoms with E-state index < -0.39 is 11.9 Å². The molecular formula is C7H5F3N4O. The summed E-state index contributed by atoms with van der Waals surface area (Å²) in [6.07, 6.45) is -2.41. The van der Waals surface area contributed by atoms with E-state index in [4.69, 9.17) is 10.2 Å². The number of aromatic amines is 1. The summed E-state index contributed by atoms with van der Waals surface area (Å²) in [6, 6.07) is -0.195. The zero-order valence-electron chi connectivity index (χ0n) is 7.17. The number of rotatable bonds is 1. The van der Waals surface area contributed by atoms with E-state index in [1.54, 1.807) is 0 Å². The number of nitrogens with zero attached hydrogens (tertiary/aromatic N) is 2. The van der Waals surface area contributed by atoms with Crippen molar-refractivity contribution in [1.82, 2.24) is 15.2 Å². The Labute approximate surface area is 81.1 Å². The minimum atomic E-state index is -4.52. The van der Waals surface area contributed by atoms with Gasteiger partial charge < -0.3 is 10.2 Å². The summed E-state index contributed by atoms with van der Waals surface area (Å²) < 4.78 is 42.0. The van der Waals surface area contributed by atoms with E-state index in [9.17, 15) is 13.2 Å². The molecule has 0 unspecified atom stereocenters. The van der Waals surface area contributed by atoms with Crippen LogP contribution in [0.2, 0.25) is 0 Å². The molecule has 2 heterocycles. The van der Waals surface area contributed by atoms with Crippen molar-refractivity contribution in [1.29, 1.82) is 0 Å². The van der Waals surface area contributed by atoms with Crippen molar-refractivity contribution in [3.8, 4) is 11.3 Å². The first-order valence-corrected chi connectivity index (χ1v) is 3.80. The second-order valence-corrected chi connectivity index (χ2v) is 2.72. The van der Waals surface area contributed by atoms with E-state index in [1.807, 2.05) is 5.10 Å². The van der Waals surface area contributed by atoms with Crippen LogP contribution in [0.5, 0.6) is 0 Å². The molecule has 0 atom stereocenters. The zero-order valence-corrected chi connectivity index (χ0v) is 7.17. The van der Waals surface area contributed by atoms with E-state index in [0.29, 0.717) is 0 Å². The average Bonchev–Trinajstić information content (AvgIpc) is 2.68. The Morgan fingerprint density at radius 3 is 2.60 bits per heavy atom. The van der Waals surface area contributed by atoms with Gasteiger partial charge in [-0.3, -0.25) is 5.10 Å². The SMILES string of the molecule is Nc1ncc(-c2cn[nH]c2C(F)(F)F)o1. The lowest BCUT2D eigenvalue weighted by Gasteiger charge is -2.04. The van der Waals surface area contributed by atoms with Gasteiger partial charge in [0.05, 0.1) is 18.0 Å². The molecule has 0 saturated carbocycles. The van der Waals surface area contributed by atoms with Crippen LogP contribution < -0.4 is 5.73 Å². The number of nitrogens with one attached hydrogen (secondary N) is 1. The van der Waals surface area contributed by atoms with Gasteiger partial charge in [0.1, 0.15) is 0 Å². The maximum absolute atomic E-state index is 12.4. The summed E-state index contributed by atoms with van der Waals surface area (Å²) in [7, 11) is 0. The molecular weight excluding hydrogens is 213 g/mol. The van der Waals surface area contributed by atoms with Gasteiger partial charge in [-0.2, -0.15) is 18.3 Å². The smallest absolute Gasteiger partial charge is 0.424 e. The molecule has 0 saturated heterocycles. The average molecular weight is 218 g/mol. The fourth-order valence-corrected chi connectivity index (χ4v) is 1.10. The van der Waals surface area contributed by atoms with Crippen molar-refractivity contribution in [3.63, 3.8) is 0 Å². The Morgan fingerprint density at radius 2 is 2.07 bits per heavy atom. The highest BCUT2D eigenvalue weighted by atomic mass is 19.4. The number of aromatic nitrogens is 3. The van der Waals surface area contributed by atoms with Crippen LogP contribution in [-0.2, 0) is 6.18 Å². The van der Waals surface area contributed by atoms with Crippen LogP contribution in [0.1, 0.15) is 5.69 Å². The number of oxazole rings is 1. The zero-order chi connectivity index (χ0) is 11.1. The third-order valence-corrected chi connectivity index (χ3v) is 1.71. The van der Waals surface area contributed by atoms with Gasteiger partial charge in [-0.15, -0.1) is 0 Å².